The van der Waals surface area contributed by atoms with Crippen LogP contribution in [0.1, 0.15) is 41.5 Å². The van der Waals surface area contributed by atoms with Crippen LogP contribution in [0, 0.1) is 0 Å². The monoisotopic (exact) mass is 258 g/mol. The van der Waals surface area contributed by atoms with Crippen molar-refractivity contribution in [2.75, 3.05) is 13.7 Å². The smallest absolute Gasteiger partial charge is 0.201 e. The van der Waals surface area contributed by atoms with Gasteiger partial charge in [-0.05, 0) is 16.6 Å². The first-order valence-electron chi connectivity index (χ1n) is 6.62. The highest BCUT2D eigenvalue weighted by Gasteiger charge is 2.46. The van der Waals surface area contributed by atoms with Gasteiger partial charge in [-0.3, -0.25) is 0 Å². The summed E-state index contributed by atoms with van der Waals surface area (Å²) < 4.78 is 11.7. The molecule has 0 aliphatic rings. The number of hydrogen-bond acceptors (Lipinski definition) is 2. The third-order valence-corrected chi connectivity index (χ3v) is 9.78. The minimum absolute atomic E-state index is 0.0267. The van der Waals surface area contributed by atoms with Gasteiger partial charge in [0, 0.05) is 7.11 Å². The molecule has 0 bridgehead atoms. The predicted molar refractivity (Wildman–Crippen MR) is 78.0 cm³/mol. The van der Waals surface area contributed by atoms with Crippen LogP contribution in [0.3, 0.4) is 0 Å². The molecule has 0 aromatic heterocycles. The van der Waals surface area contributed by atoms with Crippen molar-refractivity contribution in [3.63, 3.8) is 0 Å². The summed E-state index contributed by atoms with van der Waals surface area (Å²) in [7, 11) is -0.0886. The third kappa shape index (κ3) is 3.93. The molecule has 0 radical (unpaired) electrons. The number of hydrogen-bond donors (Lipinski definition) is 0. The van der Waals surface area contributed by atoms with Crippen LogP contribution in [0.25, 0.3) is 0 Å². The van der Waals surface area contributed by atoms with Crippen molar-refractivity contribution in [2.24, 2.45) is 0 Å². The minimum Gasteiger partial charge on any atom is -0.407 e. The standard InChI is InChI=1S/C14H30O2Si/c1-9-14(10-15-8)16-17(11(2)3,12(4)5)13(6)7/h9,11-14H,1,10H2,2-8H3/t14-/m1/s1. The van der Waals surface area contributed by atoms with Crippen LogP contribution in [0.15, 0.2) is 12.7 Å². The van der Waals surface area contributed by atoms with E-state index in [4.69, 9.17) is 9.16 Å². The Kier molecular flexibility index (Phi) is 7.29. The summed E-state index contributed by atoms with van der Waals surface area (Å²) >= 11 is 0. The maximum Gasteiger partial charge on any atom is 0.201 e. The van der Waals surface area contributed by atoms with Gasteiger partial charge in [0.25, 0.3) is 0 Å². The van der Waals surface area contributed by atoms with Crippen molar-refractivity contribution in [3.8, 4) is 0 Å². The van der Waals surface area contributed by atoms with Crippen LogP contribution in [-0.2, 0) is 9.16 Å². The molecule has 0 aliphatic heterocycles. The second kappa shape index (κ2) is 7.34. The second-order valence-electron chi connectivity index (χ2n) is 5.67. The molecule has 0 fully saturated rings. The molecule has 1 atom stereocenters. The Morgan fingerprint density at radius 3 is 1.65 bits per heavy atom. The zero-order valence-electron chi connectivity index (χ0n) is 12.6. The lowest BCUT2D eigenvalue weighted by molar-refractivity contribution is 0.0961. The first-order valence-corrected chi connectivity index (χ1v) is 8.76. The molecule has 0 saturated heterocycles. The lowest BCUT2D eigenvalue weighted by Crippen LogP contribution is -2.50. The van der Waals surface area contributed by atoms with Gasteiger partial charge in [0.2, 0.25) is 8.32 Å². The Hall–Kier alpha value is -0.123. The van der Waals surface area contributed by atoms with E-state index in [1.807, 2.05) is 6.08 Å². The van der Waals surface area contributed by atoms with E-state index in [-0.39, 0.29) is 6.10 Å². The SMILES string of the molecule is C=C[C@H](COC)O[Si](C(C)C)(C(C)C)C(C)C. The predicted octanol–water partition coefficient (Wildman–Crippen LogP) is 4.38. The average Bonchev–Trinajstić information content (AvgIpc) is 2.22. The summed E-state index contributed by atoms with van der Waals surface area (Å²) in [5.41, 5.74) is 1.80. The summed E-state index contributed by atoms with van der Waals surface area (Å²) in [4.78, 5) is 0. The number of ether oxygens (including phenoxy) is 1. The van der Waals surface area contributed by atoms with Crippen LogP contribution in [0.2, 0.25) is 16.6 Å². The summed E-state index contributed by atoms with van der Waals surface area (Å²) in [6.45, 7) is 18.2. The fourth-order valence-electron chi connectivity index (χ4n) is 2.98. The molecule has 0 amide bonds. The zero-order valence-corrected chi connectivity index (χ0v) is 13.6. The van der Waals surface area contributed by atoms with E-state index in [0.717, 1.165) is 0 Å². The third-order valence-electron chi connectivity index (χ3n) is 3.66. The van der Waals surface area contributed by atoms with Gasteiger partial charge in [-0.1, -0.05) is 47.6 Å². The number of rotatable bonds is 8. The van der Waals surface area contributed by atoms with E-state index in [1.54, 1.807) is 7.11 Å². The fraction of sp³-hybridized carbons (Fsp3) is 0.857. The molecule has 2 nitrogen and oxygen atoms in total. The lowest BCUT2D eigenvalue weighted by atomic mass is 10.4. The van der Waals surface area contributed by atoms with Gasteiger partial charge in [0.1, 0.15) is 0 Å². The molecule has 0 unspecified atom stereocenters. The topological polar surface area (TPSA) is 18.5 Å². The van der Waals surface area contributed by atoms with E-state index < -0.39 is 8.32 Å². The molecule has 0 saturated carbocycles. The molecule has 0 aliphatic carbocycles. The van der Waals surface area contributed by atoms with Crippen molar-refractivity contribution < 1.29 is 9.16 Å². The van der Waals surface area contributed by atoms with E-state index >= 15 is 0 Å². The molecule has 0 spiro atoms. The van der Waals surface area contributed by atoms with E-state index in [1.165, 1.54) is 0 Å². The minimum atomic E-state index is -1.80. The number of methoxy groups -OCH3 is 1. The van der Waals surface area contributed by atoms with Crippen molar-refractivity contribution in [3.05, 3.63) is 12.7 Å². The molecule has 0 N–H and O–H groups in total. The Morgan fingerprint density at radius 2 is 1.41 bits per heavy atom. The van der Waals surface area contributed by atoms with Gasteiger partial charge in [-0.25, -0.2) is 0 Å². The second-order valence-corrected chi connectivity index (χ2v) is 11.1. The summed E-state index contributed by atoms with van der Waals surface area (Å²) in [6, 6.07) is 0. The summed E-state index contributed by atoms with van der Waals surface area (Å²) in [6.07, 6.45) is 1.90. The molecule has 0 aromatic rings. The van der Waals surface area contributed by atoms with Crippen molar-refractivity contribution in [2.45, 2.75) is 64.3 Å². The Morgan fingerprint density at radius 1 is 1.00 bits per heavy atom. The van der Waals surface area contributed by atoms with Gasteiger partial charge in [0.15, 0.2) is 0 Å². The highest BCUT2D eigenvalue weighted by atomic mass is 28.4. The van der Waals surface area contributed by atoms with Gasteiger partial charge < -0.3 is 9.16 Å². The quantitative estimate of drug-likeness (QED) is 0.475. The zero-order chi connectivity index (χ0) is 13.6. The van der Waals surface area contributed by atoms with Crippen LogP contribution in [0.4, 0.5) is 0 Å². The average molecular weight is 258 g/mol. The first kappa shape index (κ1) is 16.9. The first-order chi connectivity index (χ1) is 7.82. The molecular weight excluding hydrogens is 228 g/mol. The molecule has 17 heavy (non-hydrogen) atoms. The van der Waals surface area contributed by atoms with E-state index in [9.17, 15) is 0 Å². The molecule has 0 rings (SSSR count). The molecule has 0 aromatic carbocycles. The van der Waals surface area contributed by atoms with Gasteiger partial charge in [-0.2, -0.15) is 0 Å². The Balaban J connectivity index is 5.09. The van der Waals surface area contributed by atoms with Crippen molar-refractivity contribution >= 4 is 8.32 Å². The largest absolute Gasteiger partial charge is 0.407 e. The van der Waals surface area contributed by atoms with Crippen molar-refractivity contribution in [1.82, 2.24) is 0 Å². The maximum atomic E-state index is 6.51. The van der Waals surface area contributed by atoms with Gasteiger partial charge in [-0.15, -0.1) is 6.58 Å². The molecule has 3 heteroatoms. The molecule has 102 valence electrons. The Bertz CT molecular complexity index is 202. The van der Waals surface area contributed by atoms with Gasteiger partial charge in [0.05, 0.1) is 12.7 Å². The van der Waals surface area contributed by atoms with Crippen LogP contribution in [-0.4, -0.2) is 28.1 Å². The molecule has 0 heterocycles. The lowest BCUT2D eigenvalue weighted by Gasteiger charge is -2.44. The molecular formula is C14H30O2Si. The maximum absolute atomic E-state index is 6.51. The summed E-state index contributed by atoms with van der Waals surface area (Å²) in [5.74, 6) is 0. The van der Waals surface area contributed by atoms with E-state index in [0.29, 0.717) is 23.2 Å². The fourth-order valence-corrected chi connectivity index (χ4v) is 8.49. The van der Waals surface area contributed by atoms with E-state index in [2.05, 4.69) is 48.1 Å². The van der Waals surface area contributed by atoms with Crippen molar-refractivity contribution in [1.29, 1.82) is 0 Å². The highest BCUT2D eigenvalue weighted by molar-refractivity contribution is 6.77. The Labute approximate surface area is 109 Å². The normalized spacial score (nSPS) is 14.7. The van der Waals surface area contributed by atoms with Crippen LogP contribution < -0.4 is 0 Å². The van der Waals surface area contributed by atoms with Crippen LogP contribution in [0.5, 0.6) is 0 Å². The van der Waals surface area contributed by atoms with Crippen LogP contribution >= 0.6 is 0 Å². The van der Waals surface area contributed by atoms with Gasteiger partial charge >= 0.3 is 0 Å². The summed E-state index contributed by atoms with van der Waals surface area (Å²) in [5, 5.41) is 0. The highest BCUT2D eigenvalue weighted by Crippen LogP contribution is 2.43.